The largest absolute Gasteiger partial charge is 3.00 e. The smallest absolute Gasteiger partial charge is 0.305 e. The van der Waals surface area contributed by atoms with E-state index < -0.39 is 0 Å². The zero-order valence-corrected chi connectivity index (χ0v) is 75.6. The molecule has 0 aliphatic carbocycles. The maximum atomic E-state index is 4.51. The fourth-order valence-electron chi connectivity index (χ4n) is 11.6. The van der Waals surface area contributed by atoms with Crippen LogP contribution in [0.1, 0.15) is 11.1 Å². The molecule has 0 radical (unpaired) electrons. The van der Waals surface area contributed by atoms with Gasteiger partial charge in [0.15, 0.2) is 0 Å². The molecule has 0 spiro atoms. The minimum absolute atomic E-state index is 0. The maximum absolute atomic E-state index is 4.51. The van der Waals surface area contributed by atoms with E-state index in [4.69, 9.17) is 0 Å². The number of rotatable bonds is 11. The van der Waals surface area contributed by atoms with E-state index in [1.807, 2.05) is 389 Å². The Balaban J connectivity index is 0.000000161. The molecule has 8 aromatic carbocycles. The Hall–Kier alpha value is -14.5. The van der Waals surface area contributed by atoms with Crippen LogP contribution >= 0.6 is 0 Å². The molecule has 12 heterocycles. The second kappa shape index (κ2) is 54.7. The van der Waals surface area contributed by atoms with E-state index >= 15 is 0 Å². The van der Waals surface area contributed by atoms with E-state index in [-0.39, 0.29) is 60.3 Å². The first kappa shape index (κ1) is 94.4. The van der Waals surface area contributed by atoms with Gasteiger partial charge < -0.3 is 29.9 Å². The van der Waals surface area contributed by atoms with Crippen LogP contribution in [0.3, 0.4) is 0 Å². The molecule has 0 saturated carbocycles. The molecule has 15 heteroatoms. The van der Waals surface area contributed by atoms with Gasteiger partial charge in [0.1, 0.15) is 0 Å². The molecule has 12 aromatic heterocycles. The van der Waals surface area contributed by atoms with Gasteiger partial charge in [-0.2, -0.15) is 0 Å². The summed E-state index contributed by atoms with van der Waals surface area (Å²) in [5.74, 6) is 0. The molecule has 0 N–H and O–H groups in total. The zero-order chi connectivity index (χ0) is 83.7. The van der Waals surface area contributed by atoms with E-state index in [9.17, 15) is 0 Å². The molecule has 0 bridgehead atoms. The van der Waals surface area contributed by atoms with Gasteiger partial charge in [-0.05, 0) is 191 Å². The van der Waals surface area contributed by atoms with Crippen LogP contribution in [-0.2, 0) is 60.3 Å². The molecule has 0 saturated heterocycles. The SMILES string of the molecule is Cc1ccnc(-c2cc(C)ccn2)c1.[Ir+3].[Ir+3].[Ir+3].[c-]1ccccc1-c1ccccn1.[c-]1ccccc1-c1ccccn1.[c-]1ccccc1-c1ccccn1.[c-]1ccccc1-c1ccccn1.[c-]1ccccc1-c1ccccn1.[c-]1ccccc1-c1ccccn1.c1ccc(-c2ccccn2)nc1.c1ccc(-c2ccnc(-c3cc(-c4ccccc4)ccn3)c2)cc1. The van der Waals surface area contributed by atoms with Gasteiger partial charge in [-0.3, -0.25) is 29.9 Å². The molecular weight excluding hydrogens is 2070 g/mol. The number of pyridine rings is 12. The molecule has 125 heavy (non-hydrogen) atoms. The van der Waals surface area contributed by atoms with Crippen LogP contribution in [0.4, 0.5) is 0 Å². The number of hydrogen-bond acceptors (Lipinski definition) is 12. The quantitative estimate of drug-likeness (QED) is 0.113. The summed E-state index contributed by atoms with van der Waals surface area (Å²) in [6, 6.07) is 149. The molecule has 0 aliphatic rings. The Morgan fingerprint density at radius 2 is 0.328 bits per heavy atom. The van der Waals surface area contributed by atoms with Crippen molar-refractivity contribution in [3.8, 4) is 124 Å². The van der Waals surface area contributed by atoms with Crippen molar-refractivity contribution in [2.45, 2.75) is 13.8 Å². The molecule has 0 atom stereocenters. The fraction of sp³-hybridized carbons (Fsp3) is 0.0182. The average molecular weight is 2150 g/mol. The predicted octanol–water partition coefficient (Wildman–Crippen LogP) is 25.7. The Bertz CT molecular complexity index is 5080. The summed E-state index contributed by atoms with van der Waals surface area (Å²) in [7, 11) is 0. The Kier molecular flexibility index (Phi) is 41.3. The van der Waals surface area contributed by atoms with E-state index in [1.165, 1.54) is 22.3 Å². The molecule has 0 fully saturated rings. The van der Waals surface area contributed by atoms with E-state index in [1.54, 1.807) is 49.6 Å². The van der Waals surface area contributed by atoms with Crippen molar-refractivity contribution in [1.29, 1.82) is 0 Å². The van der Waals surface area contributed by atoms with Gasteiger partial charge in [-0.25, -0.2) is 0 Å². The summed E-state index contributed by atoms with van der Waals surface area (Å²) >= 11 is 0. The second-order valence-electron chi connectivity index (χ2n) is 26.4. The monoisotopic (exact) mass is 2150 g/mol. The van der Waals surface area contributed by atoms with Gasteiger partial charge in [-0.15, -0.1) is 215 Å². The zero-order valence-electron chi connectivity index (χ0n) is 68.4. The van der Waals surface area contributed by atoms with Crippen molar-refractivity contribution in [1.82, 2.24) is 59.8 Å². The Labute approximate surface area is 773 Å². The van der Waals surface area contributed by atoms with Crippen LogP contribution < -0.4 is 0 Å². The van der Waals surface area contributed by atoms with Crippen LogP contribution in [0.2, 0.25) is 0 Å². The van der Waals surface area contributed by atoms with Gasteiger partial charge in [0.25, 0.3) is 0 Å². The van der Waals surface area contributed by atoms with Crippen molar-refractivity contribution in [3.05, 3.63) is 522 Å². The number of benzene rings is 8. The molecule has 608 valence electrons. The summed E-state index contributed by atoms with van der Waals surface area (Å²) in [4.78, 5) is 51.3. The summed E-state index contributed by atoms with van der Waals surface area (Å²) in [6.45, 7) is 4.11. The fourth-order valence-corrected chi connectivity index (χ4v) is 11.6. The van der Waals surface area contributed by atoms with Crippen molar-refractivity contribution in [3.63, 3.8) is 0 Å². The first-order valence-corrected chi connectivity index (χ1v) is 39.4. The maximum Gasteiger partial charge on any atom is 3.00 e. The minimum Gasteiger partial charge on any atom is -0.305 e. The third-order valence-electron chi connectivity index (χ3n) is 17.6. The van der Waals surface area contributed by atoms with Gasteiger partial charge in [0.2, 0.25) is 0 Å². The number of aromatic nitrogens is 12. The first-order valence-electron chi connectivity index (χ1n) is 39.4. The number of hydrogen-bond donors (Lipinski definition) is 0. The molecule has 0 unspecified atom stereocenters. The molecular formula is C110H84Ir3N12+3. The van der Waals surface area contributed by atoms with Gasteiger partial charge in [0, 0.05) is 74.4 Å². The van der Waals surface area contributed by atoms with Crippen molar-refractivity contribution < 1.29 is 60.3 Å². The Morgan fingerprint density at radius 3 is 0.520 bits per heavy atom. The van der Waals surface area contributed by atoms with Crippen LogP contribution in [0.25, 0.3) is 124 Å². The van der Waals surface area contributed by atoms with Crippen LogP contribution in [0.15, 0.2) is 475 Å². The van der Waals surface area contributed by atoms with E-state index in [2.05, 4.69) is 146 Å². The molecule has 20 rings (SSSR count). The topological polar surface area (TPSA) is 155 Å². The van der Waals surface area contributed by atoms with Crippen LogP contribution in [-0.4, -0.2) is 59.8 Å². The summed E-state index contributed by atoms with van der Waals surface area (Å²) in [5, 5.41) is 0. The standard InChI is InChI=1S/C22H16N2.C12H12N2.6C11H8N.C10H8N2.3Ir/c1-3-7-17(8-4-1)19-11-13-23-21(15-19)22-16-20(12-14-24-22)18-9-5-2-6-10-18;1-9-3-5-13-11(7-9)12-8-10(2)4-6-14-12;6*1-2-6-10(7-3-1)11-8-4-5-9-12-11;1-3-7-11-9(5-1)10-6-2-4-8-12-10;;;/h1-16H;3-8H,1-2H3;6*1-6,8-9H;1-8H;;;/q;;6*-1;;3*+3. The average Bonchev–Trinajstić information content (AvgIpc) is 0.823. The normalized spacial score (nSPS) is 9.65. The predicted molar refractivity (Wildman–Crippen MR) is 494 cm³/mol. The van der Waals surface area contributed by atoms with Crippen molar-refractivity contribution in [2.24, 2.45) is 0 Å². The van der Waals surface area contributed by atoms with E-state index in [0.29, 0.717) is 0 Å². The van der Waals surface area contributed by atoms with Crippen LogP contribution in [0.5, 0.6) is 0 Å². The van der Waals surface area contributed by atoms with E-state index in [0.717, 1.165) is 113 Å². The van der Waals surface area contributed by atoms with Gasteiger partial charge in [0.05, 0.1) is 34.2 Å². The number of nitrogens with zero attached hydrogens (tertiary/aromatic N) is 12. The first-order chi connectivity index (χ1) is 60.4. The summed E-state index contributed by atoms with van der Waals surface area (Å²) in [6.07, 6.45) is 21.6. The Morgan fingerprint density at radius 1 is 0.144 bits per heavy atom. The summed E-state index contributed by atoms with van der Waals surface area (Å²) in [5.41, 5.74) is 24.6. The third-order valence-corrected chi connectivity index (χ3v) is 17.6. The summed E-state index contributed by atoms with van der Waals surface area (Å²) < 4.78 is 0. The van der Waals surface area contributed by atoms with Gasteiger partial charge in [-0.1, -0.05) is 146 Å². The minimum atomic E-state index is 0. The van der Waals surface area contributed by atoms with Crippen molar-refractivity contribution >= 4 is 0 Å². The molecule has 0 aliphatic heterocycles. The molecule has 0 amide bonds. The number of aryl methyl sites for hydroxylation is 2. The molecule has 12 nitrogen and oxygen atoms in total. The second-order valence-corrected chi connectivity index (χ2v) is 26.4. The van der Waals surface area contributed by atoms with Gasteiger partial charge >= 0.3 is 60.3 Å². The third kappa shape index (κ3) is 32.4. The van der Waals surface area contributed by atoms with Crippen LogP contribution in [0, 0.1) is 50.2 Å². The molecule has 20 aromatic rings. The van der Waals surface area contributed by atoms with Crippen molar-refractivity contribution in [2.75, 3.05) is 0 Å².